The summed E-state index contributed by atoms with van der Waals surface area (Å²) in [6, 6.07) is 29.1. The van der Waals surface area contributed by atoms with Gasteiger partial charge in [0.25, 0.3) is 0 Å². The average molecular weight is 449 g/mol. The topological polar surface area (TPSA) is 32.8 Å². The lowest BCUT2D eigenvalue weighted by Gasteiger charge is -2.39. The molecule has 1 saturated heterocycles. The molecule has 3 aromatic rings. The van der Waals surface area contributed by atoms with Gasteiger partial charge in [0.15, 0.2) is 0 Å². The van der Waals surface area contributed by atoms with E-state index in [1.54, 1.807) is 13.2 Å². The number of methoxy groups -OCH3 is 1. The minimum absolute atomic E-state index is 0. The summed E-state index contributed by atoms with van der Waals surface area (Å²) in [5.74, 6) is 0.812. The molecule has 1 amide bonds. The Morgan fingerprint density at radius 3 is 1.91 bits per heavy atom. The molecule has 0 aliphatic carbocycles. The molecule has 1 heterocycles. The number of carbonyl (C=O) groups excluding carboxylic acids is 1. The fourth-order valence-electron chi connectivity index (χ4n) is 4.16. The van der Waals surface area contributed by atoms with Gasteiger partial charge in [-0.05, 0) is 23.3 Å². The summed E-state index contributed by atoms with van der Waals surface area (Å²) in [7, 11) is 1.64. The summed E-state index contributed by atoms with van der Waals surface area (Å²) < 4.78 is 5.36. The first-order chi connectivity index (χ1) is 15.3. The Balaban J connectivity index is 0.00000289. The maximum absolute atomic E-state index is 12.8. The lowest BCUT2D eigenvalue weighted by Crippen LogP contribution is -2.49. The van der Waals surface area contributed by atoms with Gasteiger partial charge in [0.1, 0.15) is 5.75 Å². The SMILES string of the molecule is COc1ccccc1C=CC(=O)N1CCN(C(c2ccccc2)c2ccccc2)CC1.Cl. The van der Waals surface area contributed by atoms with Crippen molar-refractivity contribution in [1.29, 1.82) is 0 Å². The Bertz CT molecular complexity index is 977. The first kappa shape index (κ1) is 23.6. The molecule has 0 spiro atoms. The van der Waals surface area contributed by atoms with Gasteiger partial charge in [-0.1, -0.05) is 78.9 Å². The number of ether oxygens (including phenoxy) is 1. The summed E-state index contributed by atoms with van der Waals surface area (Å²) in [6.45, 7) is 3.10. The number of hydrogen-bond acceptors (Lipinski definition) is 3. The van der Waals surface area contributed by atoms with Crippen LogP contribution in [0, 0.1) is 0 Å². The van der Waals surface area contributed by atoms with Crippen LogP contribution in [0.5, 0.6) is 5.75 Å². The molecule has 1 aliphatic heterocycles. The van der Waals surface area contributed by atoms with Crippen LogP contribution in [0.25, 0.3) is 6.08 Å². The number of hydrogen-bond donors (Lipinski definition) is 0. The van der Waals surface area contributed by atoms with Gasteiger partial charge in [-0.3, -0.25) is 9.69 Å². The first-order valence-corrected chi connectivity index (χ1v) is 10.7. The van der Waals surface area contributed by atoms with Crippen molar-refractivity contribution in [3.05, 3.63) is 108 Å². The molecule has 4 nitrogen and oxygen atoms in total. The van der Waals surface area contributed by atoms with E-state index in [9.17, 15) is 4.79 Å². The predicted molar refractivity (Wildman–Crippen MR) is 132 cm³/mol. The maximum Gasteiger partial charge on any atom is 0.246 e. The molecule has 32 heavy (non-hydrogen) atoms. The van der Waals surface area contributed by atoms with E-state index in [4.69, 9.17) is 4.74 Å². The number of halogens is 1. The van der Waals surface area contributed by atoms with Crippen LogP contribution >= 0.6 is 12.4 Å². The van der Waals surface area contributed by atoms with E-state index in [1.165, 1.54) is 11.1 Å². The van der Waals surface area contributed by atoms with Crippen LogP contribution in [0.3, 0.4) is 0 Å². The fraction of sp³-hybridized carbons (Fsp3) is 0.222. The van der Waals surface area contributed by atoms with E-state index < -0.39 is 0 Å². The van der Waals surface area contributed by atoms with Gasteiger partial charge < -0.3 is 9.64 Å². The molecule has 0 unspecified atom stereocenters. The van der Waals surface area contributed by atoms with Crippen molar-refractivity contribution in [3.8, 4) is 5.75 Å². The van der Waals surface area contributed by atoms with Crippen molar-refractivity contribution in [2.75, 3.05) is 33.3 Å². The number of benzene rings is 3. The minimum Gasteiger partial charge on any atom is -0.496 e. The number of nitrogens with zero attached hydrogens (tertiary/aromatic N) is 2. The van der Waals surface area contributed by atoms with E-state index in [0.717, 1.165) is 24.4 Å². The molecule has 1 aliphatic rings. The van der Waals surface area contributed by atoms with Gasteiger partial charge in [0.05, 0.1) is 13.2 Å². The smallest absolute Gasteiger partial charge is 0.246 e. The van der Waals surface area contributed by atoms with E-state index in [-0.39, 0.29) is 24.4 Å². The second kappa shape index (κ2) is 11.5. The molecule has 3 aromatic carbocycles. The van der Waals surface area contributed by atoms with Gasteiger partial charge in [0, 0.05) is 37.8 Å². The highest BCUT2D eigenvalue weighted by Gasteiger charge is 2.27. The van der Waals surface area contributed by atoms with Crippen LogP contribution in [-0.4, -0.2) is 49.0 Å². The fourth-order valence-corrected chi connectivity index (χ4v) is 4.16. The van der Waals surface area contributed by atoms with Crippen molar-refractivity contribution in [2.24, 2.45) is 0 Å². The molecule has 0 bridgehead atoms. The van der Waals surface area contributed by atoms with Crippen molar-refractivity contribution in [1.82, 2.24) is 9.80 Å². The normalized spacial score (nSPS) is 14.4. The number of piperazine rings is 1. The number of amides is 1. The van der Waals surface area contributed by atoms with Crippen LogP contribution in [-0.2, 0) is 4.79 Å². The summed E-state index contributed by atoms with van der Waals surface area (Å²) in [4.78, 5) is 17.2. The molecule has 166 valence electrons. The first-order valence-electron chi connectivity index (χ1n) is 10.7. The van der Waals surface area contributed by atoms with E-state index in [1.807, 2.05) is 35.2 Å². The van der Waals surface area contributed by atoms with Crippen LogP contribution in [0.15, 0.2) is 91.0 Å². The van der Waals surface area contributed by atoms with Crippen LogP contribution < -0.4 is 4.74 Å². The van der Waals surface area contributed by atoms with Crippen LogP contribution in [0.1, 0.15) is 22.7 Å². The zero-order valence-electron chi connectivity index (χ0n) is 18.3. The van der Waals surface area contributed by atoms with Gasteiger partial charge in [-0.2, -0.15) is 0 Å². The lowest BCUT2D eigenvalue weighted by molar-refractivity contribution is -0.127. The number of rotatable bonds is 6. The standard InChI is InChI=1S/C27H28N2O2.ClH/c1-31-25-15-9-8-10-22(25)16-17-26(30)28-18-20-29(21-19-28)27(23-11-4-2-5-12-23)24-13-6-3-7-14-24;/h2-17,27H,18-21H2,1H3;1H. The van der Waals surface area contributed by atoms with E-state index in [0.29, 0.717) is 13.1 Å². The maximum atomic E-state index is 12.8. The van der Waals surface area contributed by atoms with Crippen LogP contribution in [0.4, 0.5) is 0 Å². The molecule has 0 N–H and O–H groups in total. The average Bonchev–Trinajstić information content (AvgIpc) is 2.84. The van der Waals surface area contributed by atoms with Gasteiger partial charge in [0.2, 0.25) is 5.91 Å². The highest BCUT2D eigenvalue weighted by atomic mass is 35.5. The Morgan fingerprint density at radius 1 is 0.812 bits per heavy atom. The van der Waals surface area contributed by atoms with Gasteiger partial charge in [-0.25, -0.2) is 0 Å². The van der Waals surface area contributed by atoms with Crippen molar-refractivity contribution >= 4 is 24.4 Å². The number of para-hydroxylation sites is 1. The highest BCUT2D eigenvalue weighted by molar-refractivity contribution is 5.92. The molecule has 5 heteroatoms. The molecule has 0 radical (unpaired) electrons. The van der Waals surface area contributed by atoms with Gasteiger partial charge in [-0.15, -0.1) is 12.4 Å². The molecule has 0 saturated carbocycles. The highest BCUT2D eigenvalue weighted by Crippen LogP contribution is 2.29. The molecule has 0 aromatic heterocycles. The molecule has 1 fully saturated rings. The molecular formula is C27H29ClN2O2. The summed E-state index contributed by atoms with van der Waals surface area (Å²) >= 11 is 0. The second-order valence-electron chi connectivity index (χ2n) is 7.66. The van der Waals surface area contributed by atoms with Crippen molar-refractivity contribution < 1.29 is 9.53 Å². The Kier molecular flexibility index (Phi) is 8.48. The van der Waals surface area contributed by atoms with Crippen molar-refractivity contribution in [3.63, 3.8) is 0 Å². The molecule has 4 rings (SSSR count). The molecule has 0 atom stereocenters. The third kappa shape index (κ3) is 5.58. The Hall–Kier alpha value is -3.08. The lowest BCUT2D eigenvalue weighted by atomic mass is 9.96. The summed E-state index contributed by atoms with van der Waals surface area (Å²) in [5, 5.41) is 0. The number of carbonyl (C=O) groups is 1. The zero-order valence-corrected chi connectivity index (χ0v) is 19.1. The minimum atomic E-state index is 0. The predicted octanol–water partition coefficient (Wildman–Crippen LogP) is 5.06. The molecular weight excluding hydrogens is 420 g/mol. The van der Waals surface area contributed by atoms with Crippen LogP contribution in [0.2, 0.25) is 0 Å². The van der Waals surface area contributed by atoms with Crippen molar-refractivity contribution in [2.45, 2.75) is 6.04 Å². The largest absolute Gasteiger partial charge is 0.496 e. The van der Waals surface area contributed by atoms with E-state index in [2.05, 4.69) is 65.6 Å². The third-order valence-corrected chi connectivity index (χ3v) is 5.77. The monoisotopic (exact) mass is 448 g/mol. The zero-order chi connectivity index (χ0) is 21.5. The third-order valence-electron chi connectivity index (χ3n) is 5.77. The quantitative estimate of drug-likeness (QED) is 0.494. The van der Waals surface area contributed by atoms with E-state index >= 15 is 0 Å². The van der Waals surface area contributed by atoms with Gasteiger partial charge >= 0.3 is 0 Å². The summed E-state index contributed by atoms with van der Waals surface area (Å²) in [6.07, 6.45) is 3.49. The Labute approximate surface area is 196 Å². The second-order valence-corrected chi connectivity index (χ2v) is 7.66. The summed E-state index contributed by atoms with van der Waals surface area (Å²) in [5.41, 5.74) is 3.47. The Morgan fingerprint density at radius 2 is 1.34 bits per heavy atom.